The molecule has 0 aliphatic carbocycles. The third-order valence-electron chi connectivity index (χ3n) is 3.42. The van der Waals surface area contributed by atoms with E-state index in [4.69, 9.17) is 4.74 Å². The molecule has 5 nitrogen and oxygen atoms in total. The maximum absolute atomic E-state index is 11.3. The number of nitrogens with one attached hydrogen (secondary N) is 2. The van der Waals surface area contributed by atoms with E-state index in [0.717, 1.165) is 22.7 Å². The Kier molecular flexibility index (Phi) is 3.83. The first kappa shape index (κ1) is 13.6. The molecule has 2 N–H and O–H groups in total. The zero-order valence-corrected chi connectivity index (χ0v) is 11.8. The number of nitrogens with zero attached hydrogens (tertiary/aromatic N) is 1. The van der Waals surface area contributed by atoms with Crippen LogP contribution in [-0.4, -0.2) is 17.5 Å². The quantitative estimate of drug-likeness (QED) is 0.903. The molecule has 1 aliphatic heterocycles. The number of pyridine rings is 1. The van der Waals surface area contributed by atoms with Crippen molar-refractivity contribution in [1.29, 1.82) is 0 Å². The Labute approximate surface area is 123 Å². The molecule has 1 aromatic heterocycles. The van der Waals surface area contributed by atoms with Crippen LogP contribution in [-0.2, 0) is 11.3 Å². The Morgan fingerprint density at radius 1 is 1.38 bits per heavy atom. The van der Waals surface area contributed by atoms with Gasteiger partial charge in [-0.2, -0.15) is 0 Å². The number of carbonyl (C=O) groups is 1. The van der Waals surface area contributed by atoms with Gasteiger partial charge in [-0.1, -0.05) is 12.1 Å². The lowest BCUT2D eigenvalue weighted by Gasteiger charge is -2.19. The molecular formula is C16H17N3O2. The number of anilines is 1. The minimum absolute atomic E-state index is 0.0846. The van der Waals surface area contributed by atoms with Crippen LogP contribution >= 0.6 is 0 Å². The first-order chi connectivity index (χ1) is 10.2. The second kappa shape index (κ2) is 5.93. The first-order valence-electron chi connectivity index (χ1n) is 6.92. The zero-order valence-electron chi connectivity index (χ0n) is 11.8. The molecule has 21 heavy (non-hydrogen) atoms. The van der Waals surface area contributed by atoms with Gasteiger partial charge in [-0.15, -0.1) is 0 Å². The second-order valence-corrected chi connectivity index (χ2v) is 5.02. The van der Waals surface area contributed by atoms with Crippen molar-refractivity contribution in [2.24, 2.45) is 0 Å². The summed E-state index contributed by atoms with van der Waals surface area (Å²) >= 11 is 0. The summed E-state index contributed by atoms with van der Waals surface area (Å²) in [6.07, 6.45) is 1.79. The van der Waals surface area contributed by atoms with Crippen molar-refractivity contribution in [3.05, 3.63) is 53.9 Å². The van der Waals surface area contributed by atoms with Gasteiger partial charge in [-0.3, -0.25) is 9.78 Å². The number of amides is 1. The Hall–Kier alpha value is -2.40. The normalized spacial score (nSPS) is 14.8. The standard InChI is InChI=1S/C16H17N3O2/c1-11(13-4-2-3-7-17-13)18-9-12-5-6-15-14(8-12)19-16(20)10-21-15/h2-8,11,18H,9-10H2,1H3,(H,19,20). The zero-order chi connectivity index (χ0) is 14.7. The monoisotopic (exact) mass is 283 g/mol. The number of aromatic nitrogens is 1. The van der Waals surface area contributed by atoms with Crippen molar-refractivity contribution in [3.8, 4) is 5.75 Å². The lowest BCUT2D eigenvalue weighted by Crippen LogP contribution is -2.25. The summed E-state index contributed by atoms with van der Waals surface area (Å²) in [7, 11) is 0. The van der Waals surface area contributed by atoms with Gasteiger partial charge in [0.15, 0.2) is 6.61 Å². The largest absolute Gasteiger partial charge is 0.482 e. The van der Waals surface area contributed by atoms with E-state index < -0.39 is 0 Å². The Morgan fingerprint density at radius 2 is 2.29 bits per heavy atom. The van der Waals surface area contributed by atoms with Crippen molar-refractivity contribution in [2.45, 2.75) is 19.5 Å². The summed E-state index contributed by atoms with van der Waals surface area (Å²) in [5.74, 6) is 0.602. The fraction of sp³-hybridized carbons (Fsp3) is 0.250. The Bertz CT molecular complexity index is 643. The molecule has 0 saturated carbocycles. The summed E-state index contributed by atoms with van der Waals surface area (Å²) < 4.78 is 5.34. The Morgan fingerprint density at radius 3 is 3.10 bits per heavy atom. The third-order valence-corrected chi connectivity index (χ3v) is 3.42. The highest BCUT2D eigenvalue weighted by atomic mass is 16.5. The molecule has 1 atom stereocenters. The predicted molar refractivity (Wildman–Crippen MR) is 80.1 cm³/mol. The van der Waals surface area contributed by atoms with Gasteiger partial charge in [0, 0.05) is 18.8 Å². The van der Waals surface area contributed by atoms with Gasteiger partial charge in [-0.05, 0) is 36.8 Å². The molecule has 5 heteroatoms. The van der Waals surface area contributed by atoms with E-state index in [0.29, 0.717) is 6.54 Å². The molecule has 0 saturated heterocycles. The van der Waals surface area contributed by atoms with Crippen LogP contribution in [0.5, 0.6) is 5.75 Å². The van der Waals surface area contributed by atoms with Gasteiger partial charge in [0.1, 0.15) is 5.75 Å². The van der Waals surface area contributed by atoms with Gasteiger partial charge >= 0.3 is 0 Å². The van der Waals surface area contributed by atoms with E-state index in [1.807, 2.05) is 36.4 Å². The van der Waals surface area contributed by atoms with Crippen LogP contribution in [0.3, 0.4) is 0 Å². The first-order valence-corrected chi connectivity index (χ1v) is 6.92. The Balaban J connectivity index is 1.66. The molecule has 1 aliphatic rings. The lowest BCUT2D eigenvalue weighted by atomic mass is 10.1. The molecule has 0 spiro atoms. The SMILES string of the molecule is CC(NCc1ccc2c(c1)NC(=O)CO2)c1ccccn1. The van der Waals surface area contributed by atoms with Crippen molar-refractivity contribution >= 4 is 11.6 Å². The van der Waals surface area contributed by atoms with Gasteiger partial charge in [-0.25, -0.2) is 0 Å². The van der Waals surface area contributed by atoms with Crippen molar-refractivity contribution in [1.82, 2.24) is 10.3 Å². The topological polar surface area (TPSA) is 63.2 Å². The number of rotatable bonds is 4. The summed E-state index contributed by atoms with van der Waals surface area (Å²) in [4.78, 5) is 15.7. The van der Waals surface area contributed by atoms with E-state index in [-0.39, 0.29) is 18.6 Å². The van der Waals surface area contributed by atoms with Crippen molar-refractivity contribution < 1.29 is 9.53 Å². The highest BCUT2D eigenvalue weighted by Gasteiger charge is 2.16. The minimum Gasteiger partial charge on any atom is -0.482 e. The lowest BCUT2D eigenvalue weighted by molar-refractivity contribution is -0.118. The number of ether oxygens (including phenoxy) is 1. The molecule has 108 valence electrons. The van der Waals surface area contributed by atoms with E-state index >= 15 is 0 Å². The summed E-state index contributed by atoms with van der Waals surface area (Å²) in [5, 5.41) is 6.23. The molecule has 3 rings (SSSR count). The predicted octanol–water partition coefficient (Wildman–Crippen LogP) is 2.26. The van der Waals surface area contributed by atoms with E-state index in [9.17, 15) is 4.79 Å². The van der Waals surface area contributed by atoms with E-state index in [1.54, 1.807) is 6.20 Å². The van der Waals surface area contributed by atoms with Crippen LogP contribution < -0.4 is 15.4 Å². The van der Waals surface area contributed by atoms with Crippen LogP contribution in [0.4, 0.5) is 5.69 Å². The van der Waals surface area contributed by atoms with Gasteiger partial charge in [0.05, 0.1) is 11.4 Å². The molecule has 0 bridgehead atoms. The van der Waals surface area contributed by atoms with Crippen molar-refractivity contribution in [2.75, 3.05) is 11.9 Å². The van der Waals surface area contributed by atoms with E-state index in [2.05, 4.69) is 22.5 Å². The van der Waals surface area contributed by atoms with Gasteiger partial charge in [0.25, 0.3) is 5.91 Å². The number of benzene rings is 1. The molecule has 1 unspecified atom stereocenters. The minimum atomic E-state index is -0.116. The summed E-state index contributed by atoms with van der Waals surface area (Å²) in [6.45, 7) is 2.85. The average molecular weight is 283 g/mol. The maximum Gasteiger partial charge on any atom is 0.262 e. The van der Waals surface area contributed by atoms with Crippen LogP contribution in [0.15, 0.2) is 42.6 Å². The van der Waals surface area contributed by atoms with Crippen LogP contribution in [0.2, 0.25) is 0 Å². The molecule has 0 radical (unpaired) electrons. The summed E-state index contributed by atoms with van der Waals surface area (Å²) in [6, 6.07) is 11.9. The molecule has 2 heterocycles. The van der Waals surface area contributed by atoms with Crippen LogP contribution in [0.25, 0.3) is 0 Å². The molecule has 2 aromatic rings. The van der Waals surface area contributed by atoms with Crippen LogP contribution in [0, 0.1) is 0 Å². The number of fused-ring (bicyclic) bond motifs is 1. The van der Waals surface area contributed by atoms with Gasteiger partial charge < -0.3 is 15.4 Å². The third kappa shape index (κ3) is 3.20. The number of hydrogen-bond donors (Lipinski definition) is 2. The fourth-order valence-corrected chi connectivity index (χ4v) is 2.25. The summed E-state index contributed by atoms with van der Waals surface area (Å²) in [5.41, 5.74) is 2.82. The average Bonchev–Trinajstić information content (AvgIpc) is 2.53. The maximum atomic E-state index is 11.3. The van der Waals surface area contributed by atoms with Gasteiger partial charge in [0.2, 0.25) is 0 Å². The molecule has 0 fully saturated rings. The number of hydrogen-bond acceptors (Lipinski definition) is 4. The van der Waals surface area contributed by atoms with E-state index in [1.165, 1.54) is 0 Å². The number of carbonyl (C=O) groups excluding carboxylic acids is 1. The van der Waals surface area contributed by atoms with Crippen LogP contribution in [0.1, 0.15) is 24.2 Å². The molecular weight excluding hydrogens is 266 g/mol. The smallest absolute Gasteiger partial charge is 0.262 e. The fourth-order valence-electron chi connectivity index (χ4n) is 2.25. The second-order valence-electron chi connectivity index (χ2n) is 5.02. The highest BCUT2D eigenvalue weighted by molar-refractivity contribution is 5.95. The molecule has 1 aromatic carbocycles. The highest BCUT2D eigenvalue weighted by Crippen LogP contribution is 2.28. The van der Waals surface area contributed by atoms with Crippen molar-refractivity contribution in [3.63, 3.8) is 0 Å². The molecule has 1 amide bonds.